The standard InChI is InChI=1S/C8H15NO2/c1-4-6-11-7(3)9-8(10)5-2/h5,7H,2,4,6H2,1,3H3,(H,9,10). The van der Waals surface area contributed by atoms with Crippen molar-refractivity contribution in [2.24, 2.45) is 0 Å². The van der Waals surface area contributed by atoms with Gasteiger partial charge in [0, 0.05) is 6.61 Å². The predicted molar refractivity (Wildman–Crippen MR) is 44.0 cm³/mol. The SMILES string of the molecule is C=CC(=O)NC(C)OCCC. The Hall–Kier alpha value is -0.830. The van der Waals surface area contributed by atoms with Crippen molar-refractivity contribution in [3.63, 3.8) is 0 Å². The number of nitrogens with one attached hydrogen (secondary N) is 1. The van der Waals surface area contributed by atoms with Crippen LogP contribution >= 0.6 is 0 Å². The first-order valence-electron chi connectivity index (χ1n) is 3.75. The summed E-state index contributed by atoms with van der Waals surface area (Å²) < 4.78 is 5.18. The van der Waals surface area contributed by atoms with Crippen LogP contribution in [-0.4, -0.2) is 18.7 Å². The highest BCUT2D eigenvalue weighted by atomic mass is 16.5. The first-order valence-corrected chi connectivity index (χ1v) is 3.75. The van der Waals surface area contributed by atoms with Crippen LogP contribution in [0.2, 0.25) is 0 Å². The van der Waals surface area contributed by atoms with Gasteiger partial charge in [0.25, 0.3) is 0 Å². The minimum absolute atomic E-state index is 0.200. The molecule has 0 fully saturated rings. The molecular formula is C8H15NO2. The Kier molecular flexibility index (Phi) is 5.47. The van der Waals surface area contributed by atoms with Gasteiger partial charge in [-0.05, 0) is 19.4 Å². The van der Waals surface area contributed by atoms with E-state index in [2.05, 4.69) is 11.9 Å². The fourth-order valence-electron chi connectivity index (χ4n) is 0.596. The minimum atomic E-state index is -0.222. The zero-order valence-electron chi connectivity index (χ0n) is 7.09. The first kappa shape index (κ1) is 10.2. The maximum Gasteiger partial charge on any atom is 0.245 e. The molecule has 0 aromatic heterocycles. The van der Waals surface area contributed by atoms with Gasteiger partial charge in [-0.1, -0.05) is 13.5 Å². The van der Waals surface area contributed by atoms with E-state index in [4.69, 9.17) is 4.74 Å². The van der Waals surface area contributed by atoms with Gasteiger partial charge in [0.2, 0.25) is 5.91 Å². The van der Waals surface area contributed by atoms with Gasteiger partial charge in [-0.2, -0.15) is 0 Å². The van der Waals surface area contributed by atoms with Gasteiger partial charge in [-0.3, -0.25) is 4.79 Å². The van der Waals surface area contributed by atoms with Crippen LogP contribution in [0.4, 0.5) is 0 Å². The van der Waals surface area contributed by atoms with E-state index >= 15 is 0 Å². The number of carbonyl (C=O) groups excluding carboxylic acids is 1. The fraction of sp³-hybridized carbons (Fsp3) is 0.625. The zero-order chi connectivity index (χ0) is 8.69. The van der Waals surface area contributed by atoms with Crippen molar-refractivity contribution in [3.8, 4) is 0 Å². The summed E-state index contributed by atoms with van der Waals surface area (Å²) >= 11 is 0. The van der Waals surface area contributed by atoms with E-state index in [0.29, 0.717) is 6.61 Å². The molecule has 0 saturated heterocycles. The summed E-state index contributed by atoms with van der Waals surface area (Å²) in [5.41, 5.74) is 0. The third-order valence-corrected chi connectivity index (χ3v) is 1.10. The molecule has 0 rings (SSSR count). The predicted octanol–water partition coefficient (Wildman–Crippen LogP) is 1.06. The third-order valence-electron chi connectivity index (χ3n) is 1.10. The topological polar surface area (TPSA) is 38.3 Å². The van der Waals surface area contributed by atoms with Crippen LogP contribution in [0, 0.1) is 0 Å². The minimum Gasteiger partial charge on any atom is -0.359 e. The van der Waals surface area contributed by atoms with Crippen molar-refractivity contribution in [3.05, 3.63) is 12.7 Å². The highest BCUT2D eigenvalue weighted by molar-refractivity contribution is 5.86. The van der Waals surface area contributed by atoms with Gasteiger partial charge in [-0.15, -0.1) is 0 Å². The molecule has 1 atom stereocenters. The number of carbonyl (C=O) groups is 1. The van der Waals surface area contributed by atoms with Crippen molar-refractivity contribution < 1.29 is 9.53 Å². The molecule has 1 amide bonds. The average Bonchev–Trinajstić information content (AvgIpc) is 2.00. The molecule has 0 aliphatic heterocycles. The lowest BCUT2D eigenvalue weighted by atomic mass is 10.5. The summed E-state index contributed by atoms with van der Waals surface area (Å²) in [6.07, 6.45) is 1.96. The molecule has 3 heteroatoms. The molecule has 0 saturated carbocycles. The van der Waals surface area contributed by atoms with E-state index in [1.807, 2.05) is 6.92 Å². The Morgan fingerprint density at radius 2 is 2.45 bits per heavy atom. The second kappa shape index (κ2) is 5.92. The molecule has 3 nitrogen and oxygen atoms in total. The molecule has 0 heterocycles. The largest absolute Gasteiger partial charge is 0.359 e. The van der Waals surface area contributed by atoms with Crippen molar-refractivity contribution >= 4 is 5.91 Å². The van der Waals surface area contributed by atoms with Crippen molar-refractivity contribution in [2.75, 3.05) is 6.61 Å². The molecule has 0 aromatic carbocycles. The summed E-state index contributed by atoms with van der Waals surface area (Å²) in [6.45, 7) is 7.80. The van der Waals surface area contributed by atoms with Crippen LogP contribution in [-0.2, 0) is 9.53 Å². The van der Waals surface area contributed by atoms with E-state index in [1.54, 1.807) is 6.92 Å². The number of hydrogen-bond donors (Lipinski definition) is 1. The maximum absolute atomic E-state index is 10.7. The second-order valence-electron chi connectivity index (χ2n) is 2.23. The molecule has 0 radical (unpaired) electrons. The fourth-order valence-corrected chi connectivity index (χ4v) is 0.596. The normalized spacial score (nSPS) is 12.2. The van der Waals surface area contributed by atoms with Gasteiger partial charge >= 0.3 is 0 Å². The van der Waals surface area contributed by atoms with Gasteiger partial charge in [0.15, 0.2) is 0 Å². The van der Waals surface area contributed by atoms with E-state index in [0.717, 1.165) is 6.42 Å². The van der Waals surface area contributed by atoms with Crippen molar-refractivity contribution in [1.29, 1.82) is 0 Å². The highest BCUT2D eigenvalue weighted by Gasteiger charge is 2.01. The lowest BCUT2D eigenvalue weighted by Gasteiger charge is -2.12. The van der Waals surface area contributed by atoms with Crippen LogP contribution in [0.3, 0.4) is 0 Å². The summed E-state index contributed by atoms with van der Waals surface area (Å²) in [5, 5.41) is 2.59. The summed E-state index contributed by atoms with van der Waals surface area (Å²) in [4.78, 5) is 10.7. The van der Waals surface area contributed by atoms with E-state index < -0.39 is 0 Å². The van der Waals surface area contributed by atoms with Crippen LogP contribution < -0.4 is 5.32 Å². The Morgan fingerprint density at radius 1 is 1.82 bits per heavy atom. The molecule has 0 aromatic rings. The molecule has 0 bridgehead atoms. The Bertz CT molecular complexity index is 134. The molecule has 0 aliphatic carbocycles. The molecule has 1 unspecified atom stereocenters. The third kappa shape index (κ3) is 5.61. The molecule has 64 valence electrons. The number of amides is 1. The number of hydrogen-bond acceptors (Lipinski definition) is 2. The van der Waals surface area contributed by atoms with Gasteiger partial charge in [0.05, 0.1) is 0 Å². The summed E-state index contributed by atoms with van der Waals surface area (Å²) in [5.74, 6) is -0.200. The Morgan fingerprint density at radius 3 is 2.91 bits per heavy atom. The molecule has 1 N–H and O–H groups in total. The van der Waals surface area contributed by atoms with Crippen LogP contribution in [0.1, 0.15) is 20.3 Å². The van der Waals surface area contributed by atoms with Crippen LogP contribution in [0.5, 0.6) is 0 Å². The lowest BCUT2D eigenvalue weighted by Crippen LogP contribution is -2.33. The van der Waals surface area contributed by atoms with E-state index in [9.17, 15) is 4.79 Å². The smallest absolute Gasteiger partial charge is 0.245 e. The Balaban J connectivity index is 3.43. The first-order chi connectivity index (χ1) is 5.20. The highest BCUT2D eigenvalue weighted by Crippen LogP contribution is 1.87. The number of ether oxygens (including phenoxy) is 1. The van der Waals surface area contributed by atoms with Gasteiger partial charge in [-0.25, -0.2) is 0 Å². The summed E-state index contributed by atoms with van der Waals surface area (Å²) in [6, 6.07) is 0. The monoisotopic (exact) mass is 157 g/mol. The van der Waals surface area contributed by atoms with Crippen molar-refractivity contribution in [2.45, 2.75) is 26.5 Å². The van der Waals surface area contributed by atoms with Gasteiger partial charge < -0.3 is 10.1 Å². The molecule has 0 spiro atoms. The van der Waals surface area contributed by atoms with Crippen LogP contribution in [0.15, 0.2) is 12.7 Å². The quantitative estimate of drug-likeness (QED) is 0.478. The van der Waals surface area contributed by atoms with Crippen LogP contribution in [0.25, 0.3) is 0 Å². The van der Waals surface area contributed by atoms with E-state index in [-0.39, 0.29) is 12.1 Å². The average molecular weight is 157 g/mol. The zero-order valence-corrected chi connectivity index (χ0v) is 7.09. The maximum atomic E-state index is 10.7. The molecule has 0 aliphatic rings. The lowest BCUT2D eigenvalue weighted by molar-refractivity contribution is -0.120. The molecular weight excluding hydrogens is 142 g/mol. The number of rotatable bonds is 5. The van der Waals surface area contributed by atoms with E-state index in [1.165, 1.54) is 6.08 Å². The second-order valence-corrected chi connectivity index (χ2v) is 2.23. The van der Waals surface area contributed by atoms with Crippen molar-refractivity contribution in [1.82, 2.24) is 5.32 Å². The Labute approximate surface area is 67.4 Å². The summed E-state index contributed by atoms with van der Waals surface area (Å²) in [7, 11) is 0. The molecule has 11 heavy (non-hydrogen) atoms. The van der Waals surface area contributed by atoms with Gasteiger partial charge in [0.1, 0.15) is 6.23 Å².